The van der Waals surface area contributed by atoms with E-state index in [9.17, 15) is 13.6 Å². The fraction of sp³-hybridized carbons (Fsp3) is 0.188. The third kappa shape index (κ3) is 2.46. The molecule has 3 rings (SSSR count). The first-order chi connectivity index (χ1) is 10.1. The predicted molar refractivity (Wildman–Crippen MR) is 74.4 cm³/mol. The van der Waals surface area contributed by atoms with Gasteiger partial charge in [-0.25, -0.2) is 13.6 Å². The quantitative estimate of drug-likeness (QED) is 0.904. The van der Waals surface area contributed by atoms with Crippen molar-refractivity contribution in [2.75, 3.05) is 5.32 Å². The van der Waals surface area contributed by atoms with Crippen LogP contribution < -0.4 is 5.32 Å². The highest BCUT2D eigenvalue weighted by atomic mass is 19.1. The van der Waals surface area contributed by atoms with Gasteiger partial charge in [0.25, 0.3) is 0 Å². The van der Waals surface area contributed by atoms with Gasteiger partial charge in [0.05, 0.1) is 17.3 Å². The van der Waals surface area contributed by atoms with Gasteiger partial charge in [0.15, 0.2) is 0 Å². The minimum absolute atomic E-state index is 0.00973. The summed E-state index contributed by atoms with van der Waals surface area (Å²) in [6, 6.07) is 9.34. The highest BCUT2D eigenvalue weighted by Crippen LogP contribution is 2.34. The molecule has 1 atom stereocenters. The summed E-state index contributed by atoms with van der Waals surface area (Å²) in [6.45, 7) is 0. The first kappa shape index (κ1) is 13.5. The number of benzene rings is 2. The first-order valence-corrected chi connectivity index (χ1v) is 6.63. The topological polar surface area (TPSA) is 49.3 Å². The van der Waals surface area contributed by atoms with E-state index in [1.165, 1.54) is 5.56 Å². The van der Waals surface area contributed by atoms with E-state index in [-0.39, 0.29) is 11.7 Å². The van der Waals surface area contributed by atoms with Crippen molar-refractivity contribution in [3.63, 3.8) is 0 Å². The van der Waals surface area contributed by atoms with Gasteiger partial charge in [-0.15, -0.1) is 0 Å². The van der Waals surface area contributed by atoms with Gasteiger partial charge >= 0.3 is 5.97 Å². The molecule has 0 saturated carbocycles. The molecule has 0 aliphatic heterocycles. The Labute approximate surface area is 120 Å². The number of anilines is 1. The van der Waals surface area contributed by atoms with Crippen LogP contribution in [-0.4, -0.2) is 11.1 Å². The molecule has 21 heavy (non-hydrogen) atoms. The molecule has 0 bridgehead atoms. The van der Waals surface area contributed by atoms with Crippen molar-refractivity contribution in [1.29, 1.82) is 0 Å². The van der Waals surface area contributed by atoms with Gasteiger partial charge in [0.2, 0.25) is 0 Å². The van der Waals surface area contributed by atoms with Crippen LogP contribution in [0.2, 0.25) is 0 Å². The summed E-state index contributed by atoms with van der Waals surface area (Å²) < 4.78 is 27.2. The van der Waals surface area contributed by atoms with Gasteiger partial charge in [0, 0.05) is 6.07 Å². The lowest BCUT2D eigenvalue weighted by Gasteiger charge is -2.16. The van der Waals surface area contributed by atoms with Crippen LogP contribution in [0.4, 0.5) is 14.5 Å². The van der Waals surface area contributed by atoms with E-state index in [0.29, 0.717) is 6.07 Å². The summed E-state index contributed by atoms with van der Waals surface area (Å²) >= 11 is 0. The summed E-state index contributed by atoms with van der Waals surface area (Å²) in [5.74, 6) is -3.28. The van der Waals surface area contributed by atoms with Gasteiger partial charge in [0.1, 0.15) is 11.6 Å². The van der Waals surface area contributed by atoms with Crippen LogP contribution in [0.3, 0.4) is 0 Å². The number of carboxylic acids is 1. The number of hydrogen-bond donors (Lipinski definition) is 2. The number of aryl methyl sites for hydroxylation is 1. The highest BCUT2D eigenvalue weighted by molar-refractivity contribution is 5.89. The van der Waals surface area contributed by atoms with Gasteiger partial charge in [-0.1, -0.05) is 24.3 Å². The fourth-order valence-corrected chi connectivity index (χ4v) is 2.72. The average Bonchev–Trinajstić information content (AvgIpc) is 2.85. The number of fused-ring (bicyclic) bond motifs is 1. The van der Waals surface area contributed by atoms with Gasteiger partial charge in [-0.3, -0.25) is 0 Å². The van der Waals surface area contributed by atoms with Crippen molar-refractivity contribution in [1.82, 2.24) is 0 Å². The van der Waals surface area contributed by atoms with Crippen LogP contribution in [-0.2, 0) is 6.42 Å². The number of carboxylic acid groups (broad SMARTS) is 1. The second kappa shape index (κ2) is 5.16. The number of carbonyl (C=O) groups is 1. The van der Waals surface area contributed by atoms with Gasteiger partial charge < -0.3 is 10.4 Å². The third-order valence-electron chi connectivity index (χ3n) is 3.75. The molecule has 1 aliphatic rings. The van der Waals surface area contributed by atoms with E-state index >= 15 is 0 Å². The molecular formula is C16H13F2NO2. The lowest BCUT2D eigenvalue weighted by molar-refractivity contribution is 0.0692. The molecule has 108 valence electrons. The number of halogens is 2. The maximum atomic E-state index is 13.8. The Bertz CT molecular complexity index is 715. The van der Waals surface area contributed by atoms with Crippen LogP contribution in [0, 0.1) is 11.6 Å². The number of hydrogen-bond acceptors (Lipinski definition) is 2. The number of nitrogens with one attached hydrogen (secondary N) is 1. The Morgan fingerprint density at radius 3 is 2.71 bits per heavy atom. The molecule has 2 aromatic rings. The molecule has 5 heteroatoms. The van der Waals surface area contributed by atoms with Gasteiger partial charge in [-0.2, -0.15) is 0 Å². The van der Waals surface area contributed by atoms with Crippen LogP contribution in [0.15, 0.2) is 36.4 Å². The Morgan fingerprint density at radius 2 is 1.95 bits per heavy atom. The molecule has 0 spiro atoms. The molecule has 1 unspecified atom stereocenters. The molecule has 0 saturated heterocycles. The lowest BCUT2D eigenvalue weighted by Crippen LogP contribution is -2.11. The molecule has 1 aliphatic carbocycles. The van der Waals surface area contributed by atoms with Crippen LogP contribution >= 0.6 is 0 Å². The summed E-state index contributed by atoms with van der Waals surface area (Å²) in [5.41, 5.74) is 1.73. The predicted octanol–water partition coefficient (Wildman–Crippen LogP) is 3.76. The second-order valence-corrected chi connectivity index (χ2v) is 5.05. The van der Waals surface area contributed by atoms with Crippen LogP contribution in [0.5, 0.6) is 0 Å². The summed E-state index contributed by atoms with van der Waals surface area (Å²) in [7, 11) is 0. The average molecular weight is 289 g/mol. The van der Waals surface area contributed by atoms with E-state index < -0.39 is 23.2 Å². The number of rotatable bonds is 3. The third-order valence-corrected chi connectivity index (χ3v) is 3.75. The summed E-state index contributed by atoms with van der Waals surface area (Å²) in [4.78, 5) is 10.9. The molecule has 0 fully saturated rings. The molecule has 0 radical (unpaired) electrons. The van der Waals surface area contributed by atoms with E-state index in [1.807, 2.05) is 24.3 Å². The Balaban J connectivity index is 1.93. The monoisotopic (exact) mass is 289 g/mol. The smallest absolute Gasteiger partial charge is 0.338 e. The largest absolute Gasteiger partial charge is 0.478 e. The zero-order valence-corrected chi connectivity index (χ0v) is 11.1. The highest BCUT2D eigenvalue weighted by Gasteiger charge is 2.23. The normalized spacial score (nSPS) is 16.6. The maximum Gasteiger partial charge on any atom is 0.338 e. The van der Waals surface area contributed by atoms with Crippen molar-refractivity contribution in [2.24, 2.45) is 0 Å². The maximum absolute atomic E-state index is 13.8. The van der Waals surface area contributed by atoms with E-state index in [4.69, 9.17) is 5.11 Å². The molecule has 0 aromatic heterocycles. The Hall–Kier alpha value is -2.43. The van der Waals surface area contributed by atoms with Crippen molar-refractivity contribution in [2.45, 2.75) is 18.9 Å². The molecular weight excluding hydrogens is 276 g/mol. The van der Waals surface area contributed by atoms with Crippen LogP contribution in [0.1, 0.15) is 33.9 Å². The second-order valence-electron chi connectivity index (χ2n) is 5.05. The first-order valence-electron chi connectivity index (χ1n) is 6.63. The van der Waals surface area contributed by atoms with E-state index in [2.05, 4.69) is 5.32 Å². The summed E-state index contributed by atoms with van der Waals surface area (Å²) in [6.07, 6.45) is 1.67. The van der Waals surface area contributed by atoms with Crippen molar-refractivity contribution >= 4 is 11.7 Å². The Kier molecular flexibility index (Phi) is 3.33. The zero-order valence-electron chi connectivity index (χ0n) is 11.1. The SMILES string of the molecule is O=C(O)c1cc(NC2CCc3ccccc32)c(F)cc1F. The minimum Gasteiger partial charge on any atom is -0.478 e. The molecule has 3 nitrogen and oxygen atoms in total. The summed E-state index contributed by atoms with van der Waals surface area (Å²) in [5, 5.41) is 11.9. The van der Waals surface area contributed by atoms with E-state index in [1.54, 1.807) is 0 Å². The Morgan fingerprint density at radius 1 is 1.19 bits per heavy atom. The van der Waals surface area contributed by atoms with Crippen LogP contribution in [0.25, 0.3) is 0 Å². The molecule has 0 heterocycles. The molecule has 0 amide bonds. The van der Waals surface area contributed by atoms with Crippen molar-refractivity contribution in [3.05, 3.63) is 64.7 Å². The standard InChI is InChI=1S/C16H13F2NO2/c17-12-8-13(18)15(7-11(12)16(20)21)19-14-6-5-9-3-1-2-4-10(9)14/h1-4,7-8,14,19H,5-6H2,(H,20,21). The van der Waals surface area contributed by atoms with E-state index in [0.717, 1.165) is 24.5 Å². The lowest BCUT2D eigenvalue weighted by atomic mass is 10.1. The molecule has 2 aromatic carbocycles. The van der Waals surface area contributed by atoms with Gasteiger partial charge in [-0.05, 0) is 30.0 Å². The molecule has 2 N–H and O–H groups in total. The van der Waals surface area contributed by atoms with Crippen molar-refractivity contribution in [3.8, 4) is 0 Å². The fourth-order valence-electron chi connectivity index (χ4n) is 2.72. The number of aromatic carboxylic acids is 1. The zero-order chi connectivity index (χ0) is 15.0. The minimum atomic E-state index is -1.41. The van der Waals surface area contributed by atoms with Crippen molar-refractivity contribution < 1.29 is 18.7 Å².